The van der Waals surface area contributed by atoms with Crippen LogP contribution in [0, 0.1) is 12.8 Å². The van der Waals surface area contributed by atoms with Crippen LogP contribution in [0.25, 0.3) is 0 Å². The lowest BCUT2D eigenvalue weighted by Crippen LogP contribution is -2.29. The number of hydrogen-bond donors (Lipinski definition) is 2. The van der Waals surface area contributed by atoms with Crippen LogP contribution in [0.1, 0.15) is 30.4 Å². The van der Waals surface area contributed by atoms with Gasteiger partial charge in [0.15, 0.2) is 0 Å². The van der Waals surface area contributed by atoms with E-state index in [9.17, 15) is 4.79 Å². The highest BCUT2D eigenvalue weighted by molar-refractivity contribution is 5.78. The molecule has 0 saturated heterocycles. The predicted molar refractivity (Wildman–Crippen MR) is 91.1 cm³/mol. The molecule has 1 aliphatic rings. The van der Waals surface area contributed by atoms with E-state index in [0.29, 0.717) is 18.9 Å². The van der Waals surface area contributed by atoms with Gasteiger partial charge in [-0.05, 0) is 43.4 Å². The average Bonchev–Trinajstić information content (AvgIpc) is 3.37. The van der Waals surface area contributed by atoms with Crippen molar-refractivity contribution < 1.29 is 9.53 Å². The fourth-order valence-electron chi connectivity index (χ4n) is 2.41. The van der Waals surface area contributed by atoms with Crippen LogP contribution in [0.15, 0.2) is 48.5 Å². The topological polar surface area (TPSA) is 50.4 Å². The minimum absolute atomic E-state index is 0.0440. The van der Waals surface area contributed by atoms with Gasteiger partial charge in [-0.2, -0.15) is 0 Å². The first-order valence-electron chi connectivity index (χ1n) is 8.03. The molecule has 0 bridgehead atoms. The van der Waals surface area contributed by atoms with Crippen molar-refractivity contribution in [1.82, 2.24) is 5.43 Å². The molecule has 0 heterocycles. The minimum Gasteiger partial charge on any atom is -0.489 e. The zero-order chi connectivity index (χ0) is 16.1. The second-order valence-electron chi connectivity index (χ2n) is 6.02. The number of carbonyl (C=O) groups excluding carboxylic acids is 1. The van der Waals surface area contributed by atoms with Crippen molar-refractivity contribution in [2.45, 2.75) is 32.8 Å². The molecule has 0 spiro atoms. The molecule has 0 aliphatic heterocycles. The van der Waals surface area contributed by atoms with Gasteiger partial charge in [0.25, 0.3) is 0 Å². The highest BCUT2D eigenvalue weighted by atomic mass is 16.5. The number of hydrogen-bond acceptors (Lipinski definition) is 3. The van der Waals surface area contributed by atoms with Crippen LogP contribution in [0.2, 0.25) is 0 Å². The van der Waals surface area contributed by atoms with E-state index in [2.05, 4.69) is 10.9 Å². The molecule has 0 radical (unpaired) electrons. The second kappa shape index (κ2) is 7.18. The van der Waals surface area contributed by atoms with Crippen LogP contribution in [0.3, 0.4) is 0 Å². The van der Waals surface area contributed by atoms with Crippen LogP contribution in [-0.4, -0.2) is 5.91 Å². The Balaban J connectivity index is 1.57. The van der Waals surface area contributed by atoms with Gasteiger partial charge in [0.05, 0.1) is 5.69 Å². The van der Waals surface area contributed by atoms with Gasteiger partial charge in [0.2, 0.25) is 5.91 Å². The van der Waals surface area contributed by atoms with Crippen molar-refractivity contribution in [3.05, 3.63) is 59.7 Å². The summed E-state index contributed by atoms with van der Waals surface area (Å²) >= 11 is 0. The minimum atomic E-state index is 0.0440. The number of nitrogens with one attached hydrogen (secondary N) is 2. The van der Waals surface area contributed by atoms with Crippen molar-refractivity contribution in [2.24, 2.45) is 5.92 Å². The Labute approximate surface area is 136 Å². The summed E-state index contributed by atoms with van der Waals surface area (Å²) in [4.78, 5) is 11.8. The van der Waals surface area contributed by atoms with Crippen molar-refractivity contribution in [1.29, 1.82) is 0 Å². The SMILES string of the molecule is Cc1c(NNC(=O)CC2CC2)cccc1OCc1ccccc1. The van der Waals surface area contributed by atoms with E-state index in [1.807, 2.05) is 55.5 Å². The van der Waals surface area contributed by atoms with Crippen molar-refractivity contribution in [3.63, 3.8) is 0 Å². The molecule has 0 unspecified atom stereocenters. The van der Waals surface area contributed by atoms with Gasteiger partial charge in [-0.25, -0.2) is 0 Å². The monoisotopic (exact) mass is 310 g/mol. The fraction of sp³-hybridized carbons (Fsp3) is 0.316. The van der Waals surface area contributed by atoms with Crippen LogP contribution < -0.4 is 15.6 Å². The molecule has 4 nitrogen and oxygen atoms in total. The molecule has 2 aromatic carbocycles. The zero-order valence-corrected chi connectivity index (χ0v) is 13.3. The molecule has 4 heteroatoms. The van der Waals surface area contributed by atoms with E-state index in [1.165, 1.54) is 12.8 Å². The van der Waals surface area contributed by atoms with E-state index in [-0.39, 0.29) is 5.91 Å². The highest BCUT2D eigenvalue weighted by Crippen LogP contribution is 2.32. The quantitative estimate of drug-likeness (QED) is 0.764. The maximum absolute atomic E-state index is 11.8. The van der Waals surface area contributed by atoms with Gasteiger partial charge in [-0.1, -0.05) is 36.4 Å². The zero-order valence-electron chi connectivity index (χ0n) is 13.3. The van der Waals surface area contributed by atoms with Gasteiger partial charge in [0, 0.05) is 12.0 Å². The summed E-state index contributed by atoms with van der Waals surface area (Å²) in [5.74, 6) is 1.44. The molecule has 1 saturated carbocycles. The Hall–Kier alpha value is -2.49. The van der Waals surface area contributed by atoms with E-state index in [1.54, 1.807) is 0 Å². The van der Waals surface area contributed by atoms with Gasteiger partial charge in [-0.15, -0.1) is 0 Å². The van der Waals surface area contributed by atoms with Crippen LogP contribution in [0.4, 0.5) is 5.69 Å². The van der Waals surface area contributed by atoms with Gasteiger partial charge >= 0.3 is 0 Å². The van der Waals surface area contributed by atoms with Crippen molar-refractivity contribution in [3.8, 4) is 5.75 Å². The molecule has 3 rings (SSSR count). The third-order valence-electron chi connectivity index (χ3n) is 4.03. The largest absolute Gasteiger partial charge is 0.489 e. The number of amides is 1. The molecule has 1 aliphatic carbocycles. The fourth-order valence-corrected chi connectivity index (χ4v) is 2.41. The van der Waals surface area contributed by atoms with E-state index >= 15 is 0 Å². The lowest BCUT2D eigenvalue weighted by atomic mass is 10.2. The third-order valence-corrected chi connectivity index (χ3v) is 4.03. The van der Waals surface area contributed by atoms with E-state index in [4.69, 9.17) is 4.74 Å². The smallest absolute Gasteiger partial charge is 0.238 e. The maximum atomic E-state index is 11.8. The number of anilines is 1. The molecule has 120 valence electrons. The van der Waals surface area contributed by atoms with Crippen molar-refractivity contribution in [2.75, 3.05) is 5.43 Å². The number of carbonyl (C=O) groups is 1. The summed E-state index contributed by atoms with van der Waals surface area (Å²) in [6.45, 7) is 2.51. The summed E-state index contributed by atoms with van der Waals surface area (Å²) in [7, 11) is 0. The molecule has 2 aromatic rings. The second-order valence-corrected chi connectivity index (χ2v) is 6.02. The van der Waals surface area contributed by atoms with Gasteiger partial charge in [-0.3, -0.25) is 15.6 Å². The number of benzene rings is 2. The van der Waals surface area contributed by atoms with Gasteiger partial charge < -0.3 is 4.74 Å². The lowest BCUT2D eigenvalue weighted by molar-refractivity contribution is -0.120. The van der Waals surface area contributed by atoms with E-state index in [0.717, 1.165) is 22.6 Å². The normalized spacial score (nSPS) is 13.4. The first kappa shape index (κ1) is 15.4. The molecular formula is C19H22N2O2. The molecule has 2 N–H and O–H groups in total. The summed E-state index contributed by atoms with van der Waals surface area (Å²) in [5, 5.41) is 0. The molecule has 0 atom stereocenters. The predicted octanol–water partition coefficient (Wildman–Crippen LogP) is 3.82. The summed E-state index contributed by atoms with van der Waals surface area (Å²) < 4.78 is 5.89. The average molecular weight is 310 g/mol. The Morgan fingerprint density at radius 1 is 1.13 bits per heavy atom. The summed E-state index contributed by atoms with van der Waals surface area (Å²) in [6.07, 6.45) is 2.96. The Bertz CT molecular complexity index is 666. The first-order valence-corrected chi connectivity index (χ1v) is 8.03. The molecule has 1 amide bonds. The number of hydrazine groups is 1. The van der Waals surface area contributed by atoms with Gasteiger partial charge in [0.1, 0.15) is 12.4 Å². The first-order chi connectivity index (χ1) is 11.2. The highest BCUT2D eigenvalue weighted by Gasteiger charge is 2.24. The molecule has 1 fully saturated rings. The van der Waals surface area contributed by atoms with Crippen LogP contribution in [-0.2, 0) is 11.4 Å². The van der Waals surface area contributed by atoms with E-state index < -0.39 is 0 Å². The molecule has 0 aromatic heterocycles. The number of ether oxygens (including phenoxy) is 1. The standard InChI is InChI=1S/C19H22N2O2/c1-14-17(20-21-19(22)12-15-10-11-15)8-5-9-18(14)23-13-16-6-3-2-4-7-16/h2-9,15,20H,10-13H2,1H3,(H,21,22). The maximum Gasteiger partial charge on any atom is 0.238 e. The Morgan fingerprint density at radius 2 is 1.91 bits per heavy atom. The van der Waals surface area contributed by atoms with Crippen molar-refractivity contribution >= 4 is 11.6 Å². The van der Waals surface area contributed by atoms with Crippen LogP contribution in [0.5, 0.6) is 5.75 Å². The summed E-state index contributed by atoms with van der Waals surface area (Å²) in [5.41, 5.74) is 8.74. The molecular weight excluding hydrogens is 288 g/mol. The Morgan fingerprint density at radius 3 is 2.65 bits per heavy atom. The summed E-state index contributed by atoms with van der Waals surface area (Å²) in [6, 6.07) is 15.9. The molecule has 23 heavy (non-hydrogen) atoms. The number of rotatable bonds is 7. The third kappa shape index (κ3) is 4.49. The van der Waals surface area contributed by atoms with Crippen LogP contribution >= 0.6 is 0 Å². The lowest BCUT2D eigenvalue weighted by Gasteiger charge is -2.15. The Kier molecular flexibility index (Phi) is 4.81.